The lowest BCUT2D eigenvalue weighted by atomic mass is 10.0. The van der Waals surface area contributed by atoms with E-state index in [2.05, 4.69) is 22.0 Å². The molecule has 0 spiro atoms. The average Bonchev–Trinajstić information content (AvgIpc) is 2.19. The Kier molecular flexibility index (Phi) is 3.93. The van der Waals surface area contributed by atoms with Crippen LogP contribution in [0.25, 0.3) is 5.70 Å². The molecule has 0 radical (unpaired) electrons. The standard InChI is InChI=1S/C12H13BrN2/c1-3-9(7-14)12(15)11-5-4-10(13)6-8(11)2/h4-6H,3,15H2,1-2H3/b12-9-. The molecule has 0 unspecified atom stereocenters. The number of nitriles is 1. The molecular formula is C12H13BrN2. The summed E-state index contributed by atoms with van der Waals surface area (Å²) in [5.74, 6) is 0. The molecule has 0 saturated heterocycles. The monoisotopic (exact) mass is 264 g/mol. The van der Waals surface area contributed by atoms with Crippen LogP contribution in [0, 0.1) is 18.3 Å². The summed E-state index contributed by atoms with van der Waals surface area (Å²) in [5.41, 5.74) is 9.19. The third kappa shape index (κ3) is 2.60. The van der Waals surface area contributed by atoms with Gasteiger partial charge in [0.2, 0.25) is 0 Å². The first-order chi connectivity index (χ1) is 7.10. The van der Waals surface area contributed by atoms with E-state index in [9.17, 15) is 0 Å². The van der Waals surface area contributed by atoms with Crippen molar-refractivity contribution in [3.05, 3.63) is 39.4 Å². The minimum absolute atomic E-state index is 0.588. The van der Waals surface area contributed by atoms with E-state index in [-0.39, 0.29) is 0 Å². The summed E-state index contributed by atoms with van der Waals surface area (Å²) in [5, 5.41) is 8.91. The van der Waals surface area contributed by atoms with Crippen molar-refractivity contribution in [3.8, 4) is 6.07 Å². The molecule has 78 valence electrons. The van der Waals surface area contributed by atoms with Gasteiger partial charge < -0.3 is 5.73 Å². The third-order valence-corrected chi connectivity index (χ3v) is 2.79. The summed E-state index contributed by atoms with van der Waals surface area (Å²) in [4.78, 5) is 0. The Labute approximate surface area is 98.5 Å². The van der Waals surface area contributed by atoms with Gasteiger partial charge in [-0.1, -0.05) is 28.9 Å². The molecule has 2 N–H and O–H groups in total. The molecule has 0 heterocycles. The van der Waals surface area contributed by atoms with E-state index >= 15 is 0 Å². The quantitative estimate of drug-likeness (QED) is 0.833. The maximum atomic E-state index is 8.91. The van der Waals surface area contributed by atoms with Gasteiger partial charge in [-0.15, -0.1) is 0 Å². The Morgan fingerprint density at radius 2 is 2.20 bits per heavy atom. The second-order valence-corrected chi connectivity index (χ2v) is 4.23. The first-order valence-electron chi connectivity index (χ1n) is 4.75. The SMILES string of the molecule is CC/C(C#N)=C(/N)c1ccc(Br)cc1C. The summed E-state index contributed by atoms with van der Waals surface area (Å²) in [6.45, 7) is 3.91. The number of nitrogens with two attached hydrogens (primary N) is 1. The lowest BCUT2D eigenvalue weighted by Crippen LogP contribution is -2.02. The summed E-state index contributed by atoms with van der Waals surface area (Å²) in [7, 11) is 0. The molecule has 0 aliphatic heterocycles. The number of halogens is 1. The van der Waals surface area contributed by atoms with Gasteiger partial charge in [0.1, 0.15) is 0 Å². The van der Waals surface area contributed by atoms with Gasteiger partial charge in [0, 0.05) is 10.0 Å². The normalized spacial score (nSPS) is 11.9. The molecule has 0 saturated carbocycles. The highest BCUT2D eigenvalue weighted by molar-refractivity contribution is 9.10. The number of allylic oxidation sites excluding steroid dienone is 1. The second kappa shape index (κ2) is 4.99. The highest BCUT2D eigenvalue weighted by Crippen LogP contribution is 2.22. The Hall–Kier alpha value is -1.27. The van der Waals surface area contributed by atoms with E-state index in [4.69, 9.17) is 11.0 Å². The topological polar surface area (TPSA) is 49.8 Å². The molecule has 1 aromatic carbocycles. The van der Waals surface area contributed by atoms with Crippen LogP contribution in [0.1, 0.15) is 24.5 Å². The summed E-state index contributed by atoms with van der Waals surface area (Å²) < 4.78 is 1.02. The van der Waals surface area contributed by atoms with Crippen LogP contribution in [0.3, 0.4) is 0 Å². The van der Waals surface area contributed by atoms with Gasteiger partial charge >= 0.3 is 0 Å². The maximum Gasteiger partial charge on any atom is 0.0968 e. The van der Waals surface area contributed by atoms with Crippen LogP contribution in [0.2, 0.25) is 0 Å². The second-order valence-electron chi connectivity index (χ2n) is 3.32. The number of rotatable bonds is 2. The lowest BCUT2D eigenvalue weighted by molar-refractivity contribution is 1.14. The Bertz CT molecular complexity index is 441. The number of aryl methyl sites for hydroxylation is 1. The van der Waals surface area contributed by atoms with Gasteiger partial charge in [-0.25, -0.2) is 0 Å². The minimum Gasteiger partial charge on any atom is -0.397 e. The number of hydrogen-bond donors (Lipinski definition) is 1. The Morgan fingerprint density at radius 3 is 2.67 bits per heavy atom. The number of hydrogen-bond acceptors (Lipinski definition) is 2. The predicted molar refractivity (Wildman–Crippen MR) is 65.9 cm³/mol. The van der Waals surface area contributed by atoms with Crippen molar-refractivity contribution in [2.75, 3.05) is 0 Å². The fraction of sp³-hybridized carbons (Fsp3) is 0.250. The highest BCUT2D eigenvalue weighted by Gasteiger charge is 2.06. The van der Waals surface area contributed by atoms with E-state index in [1.807, 2.05) is 32.0 Å². The first kappa shape index (κ1) is 11.8. The van der Waals surface area contributed by atoms with Crippen LogP contribution in [-0.2, 0) is 0 Å². The molecule has 1 rings (SSSR count). The summed E-state index contributed by atoms with van der Waals surface area (Å²) >= 11 is 3.39. The van der Waals surface area contributed by atoms with E-state index in [1.54, 1.807) is 0 Å². The minimum atomic E-state index is 0.588. The molecule has 15 heavy (non-hydrogen) atoms. The van der Waals surface area contributed by atoms with Crippen molar-refractivity contribution in [2.24, 2.45) is 5.73 Å². The van der Waals surface area contributed by atoms with E-state index in [0.717, 1.165) is 15.6 Å². The van der Waals surface area contributed by atoms with E-state index in [0.29, 0.717) is 17.7 Å². The summed E-state index contributed by atoms with van der Waals surface area (Å²) in [6.07, 6.45) is 0.665. The molecule has 0 aliphatic rings. The molecule has 0 fully saturated rings. The van der Waals surface area contributed by atoms with Gasteiger partial charge in [-0.05, 0) is 31.0 Å². The zero-order chi connectivity index (χ0) is 11.4. The maximum absolute atomic E-state index is 8.91. The molecule has 0 aromatic heterocycles. The fourth-order valence-corrected chi connectivity index (χ4v) is 1.90. The zero-order valence-corrected chi connectivity index (χ0v) is 10.4. The van der Waals surface area contributed by atoms with Gasteiger partial charge in [0.25, 0.3) is 0 Å². The van der Waals surface area contributed by atoms with Gasteiger partial charge in [0.05, 0.1) is 17.3 Å². The van der Waals surface area contributed by atoms with Gasteiger partial charge in [0.15, 0.2) is 0 Å². The molecular weight excluding hydrogens is 252 g/mol. The van der Waals surface area contributed by atoms with Crippen molar-refractivity contribution >= 4 is 21.6 Å². The molecule has 0 amide bonds. The van der Waals surface area contributed by atoms with E-state index in [1.165, 1.54) is 0 Å². The van der Waals surface area contributed by atoms with Gasteiger partial charge in [-0.2, -0.15) is 5.26 Å². The molecule has 3 heteroatoms. The molecule has 0 atom stereocenters. The van der Waals surface area contributed by atoms with Crippen molar-refractivity contribution in [2.45, 2.75) is 20.3 Å². The van der Waals surface area contributed by atoms with Crippen LogP contribution in [0.4, 0.5) is 0 Å². The molecule has 2 nitrogen and oxygen atoms in total. The van der Waals surface area contributed by atoms with Gasteiger partial charge in [-0.3, -0.25) is 0 Å². The van der Waals surface area contributed by atoms with E-state index < -0.39 is 0 Å². The lowest BCUT2D eigenvalue weighted by Gasteiger charge is -2.08. The van der Waals surface area contributed by atoms with Crippen molar-refractivity contribution in [1.29, 1.82) is 5.26 Å². The van der Waals surface area contributed by atoms with Crippen LogP contribution < -0.4 is 5.73 Å². The molecule has 0 bridgehead atoms. The average molecular weight is 265 g/mol. The molecule has 0 aliphatic carbocycles. The largest absolute Gasteiger partial charge is 0.397 e. The summed E-state index contributed by atoms with van der Waals surface area (Å²) in [6, 6.07) is 7.99. The predicted octanol–water partition coefficient (Wildman–Crippen LogP) is 3.36. The fourth-order valence-electron chi connectivity index (χ4n) is 1.42. The van der Waals surface area contributed by atoms with Crippen LogP contribution in [0.15, 0.2) is 28.2 Å². The third-order valence-electron chi connectivity index (χ3n) is 2.29. The van der Waals surface area contributed by atoms with Crippen LogP contribution >= 0.6 is 15.9 Å². The van der Waals surface area contributed by atoms with Crippen LogP contribution in [0.5, 0.6) is 0 Å². The van der Waals surface area contributed by atoms with Crippen LogP contribution in [-0.4, -0.2) is 0 Å². The van der Waals surface area contributed by atoms with Crippen molar-refractivity contribution < 1.29 is 0 Å². The smallest absolute Gasteiger partial charge is 0.0968 e. The first-order valence-corrected chi connectivity index (χ1v) is 5.54. The Morgan fingerprint density at radius 1 is 1.53 bits per heavy atom. The highest BCUT2D eigenvalue weighted by atomic mass is 79.9. The number of benzene rings is 1. The van der Waals surface area contributed by atoms with Crippen molar-refractivity contribution in [3.63, 3.8) is 0 Å². The number of nitrogens with zero attached hydrogens (tertiary/aromatic N) is 1. The zero-order valence-electron chi connectivity index (χ0n) is 8.84. The Balaban J connectivity index is 3.29. The molecule has 1 aromatic rings. The van der Waals surface area contributed by atoms with Crippen molar-refractivity contribution in [1.82, 2.24) is 0 Å².